The molecule has 2 aromatic rings. The predicted octanol–water partition coefficient (Wildman–Crippen LogP) is 2.95. The number of nitrogens with zero attached hydrogens (tertiary/aromatic N) is 2. The lowest BCUT2D eigenvalue weighted by Gasteiger charge is -2.17. The van der Waals surface area contributed by atoms with Crippen LogP contribution in [-0.2, 0) is 0 Å². The molecule has 1 aliphatic heterocycles. The van der Waals surface area contributed by atoms with Gasteiger partial charge >= 0.3 is 0 Å². The zero-order chi connectivity index (χ0) is 16.4. The third-order valence-corrected chi connectivity index (χ3v) is 4.23. The Kier molecular flexibility index (Phi) is 4.58. The summed E-state index contributed by atoms with van der Waals surface area (Å²) >= 11 is 3.24. The van der Waals surface area contributed by atoms with Gasteiger partial charge in [-0.15, -0.1) is 0 Å². The summed E-state index contributed by atoms with van der Waals surface area (Å²) in [7, 11) is 0. The van der Waals surface area contributed by atoms with E-state index < -0.39 is 0 Å². The molecular formula is C16H15BrFN3O2. The molecule has 5 nitrogen and oxygen atoms in total. The van der Waals surface area contributed by atoms with Crippen molar-refractivity contribution in [3.63, 3.8) is 0 Å². The monoisotopic (exact) mass is 379 g/mol. The number of pyridine rings is 1. The number of nitrogens with two attached hydrogens (primary N) is 1. The molecule has 2 N–H and O–H groups in total. The fraction of sp³-hybridized carbons (Fsp3) is 0.250. The molecule has 1 amide bonds. The van der Waals surface area contributed by atoms with Crippen LogP contribution in [0.3, 0.4) is 0 Å². The Morgan fingerprint density at radius 1 is 1.43 bits per heavy atom. The first-order valence-corrected chi connectivity index (χ1v) is 7.96. The molecule has 2 heterocycles. The van der Waals surface area contributed by atoms with Gasteiger partial charge in [0, 0.05) is 25.3 Å². The average molecular weight is 380 g/mol. The maximum absolute atomic E-state index is 13.2. The van der Waals surface area contributed by atoms with Crippen LogP contribution in [0.5, 0.6) is 11.6 Å². The van der Waals surface area contributed by atoms with Crippen molar-refractivity contribution in [2.75, 3.05) is 13.1 Å². The number of carbonyl (C=O) groups excluding carboxylic acids is 1. The summed E-state index contributed by atoms with van der Waals surface area (Å²) in [5.74, 6) is 0.0226. The number of benzene rings is 1. The highest BCUT2D eigenvalue weighted by molar-refractivity contribution is 9.10. The standard InChI is InChI=1S/C16H15BrFN3O2/c17-13-8-10(18)3-4-14(13)23-15-12(2-1-6-20-15)16(22)21-7-5-11(19)9-21/h1-4,6,8,11H,5,7,9,19H2/t11-/m1/s1. The van der Waals surface area contributed by atoms with Crippen molar-refractivity contribution in [3.05, 3.63) is 52.4 Å². The largest absolute Gasteiger partial charge is 0.437 e. The Labute approximate surface area is 141 Å². The van der Waals surface area contributed by atoms with Gasteiger partial charge in [-0.1, -0.05) is 0 Å². The lowest BCUT2D eigenvalue weighted by molar-refractivity contribution is 0.0787. The van der Waals surface area contributed by atoms with E-state index in [-0.39, 0.29) is 23.6 Å². The van der Waals surface area contributed by atoms with Crippen molar-refractivity contribution in [2.45, 2.75) is 12.5 Å². The molecule has 1 fully saturated rings. The topological polar surface area (TPSA) is 68.5 Å². The first-order chi connectivity index (χ1) is 11.0. The maximum Gasteiger partial charge on any atom is 0.259 e. The van der Waals surface area contributed by atoms with Gasteiger partial charge in [-0.2, -0.15) is 0 Å². The van der Waals surface area contributed by atoms with Crippen LogP contribution in [-0.4, -0.2) is 34.9 Å². The SMILES string of the molecule is N[C@@H]1CCN(C(=O)c2cccnc2Oc2ccc(F)cc2Br)C1. The Bertz CT molecular complexity index is 741. The normalized spacial score (nSPS) is 17.3. The van der Waals surface area contributed by atoms with Crippen LogP contribution in [0.1, 0.15) is 16.8 Å². The predicted molar refractivity (Wildman–Crippen MR) is 86.9 cm³/mol. The minimum Gasteiger partial charge on any atom is -0.437 e. The molecule has 0 radical (unpaired) electrons. The van der Waals surface area contributed by atoms with Gasteiger partial charge in [-0.05, 0) is 52.7 Å². The molecular weight excluding hydrogens is 365 g/mol. The second-order valence-corrected chi connectivity index (χ2v) is 6.19. The molecule has 0 unspecified atom stereocenters. The zero-order valence-corrected chi connectivity index (χ0v) is 13.8. The fourth-order valence-corrected chi connectivity index (χ4v) is 2.87. The van der Waals surface area contributed by atoms with Gasteiger partial charge in [0.25, 0.3) is 5.91 Å². The molecule has 7 heteroatoms. The summed E-state index contributed by atoms with van der Waals surface area (Å²) in [5, 5.41) is 0. The van der Waals surface area contributed by atoms with Gasteiger partial charge in [-0.3, -0.25) is 4.79 Å². The number of ether oxygens (including phenoxy) is 1. The Hall–Kier alpha value is -1.99. The summed E-state index contributed by atoms with van der Waals surface area (Å²) in [6, 6.07) is 7.39. The number of hydrogen-bond acceptors (Lipinski definition) is 4. The second kappa shape index (κ2) is 6.64. The van der Waals surface area contributed by atoms with Crippen LogP contribution in [0.25, 0.3) is 0 Å². The van der Waals surface area contributed by atoms with Crippen molar-refractivity contribution >= 4 is 21.8 Å². The van der Waals surface area contributed by atoms with Gasteiger partial charge in [0.1, 0.15) is 17.1 Å². The molecule has 1 atom stereocenters. The molecule has 120 valence electrons. The quantitative estimate of drug-likeness (QED) is 0.889. The molecule has 1 saturated heterocycles. The van der Waals surface area contributed by atoms with Gasteiger partial charge in [-0.25, -0.2) is 9.37 Å². The van der Waals surface area contributed by atoms with Crippen molar-refractivity contribution in [2.24, 2.45) is 5.73 Å². The van der Waals surface area contributed by atoms with Gasteiger partial charge in [0.2, 0.25) is 5.88 Å². The molecule has 3 rings (SSSR count). The molecule has 23 heavy (non-hydrogen) atoms. The summed E-state index contributed by atoms with van der Waals surface area (Å²) < 4.78 is 19.3. The van der Waals surface area contributed by atoms with Crippen molar-refractivity contribution < 1.29 is 13.9 Å². The summed E-state index contributed by atoms with van der Waals surface area (Å²) in [6.45, 7) is 1.14. The van der Waals surface area contributed by atoms with Crippen LogP contribution in [0.4, 0.5) is 4.39 Å². The molecule has 1 aromatic heterocycles. The van der Waals surface area contributed by atoms with Gasteiger partial charge in [0.15, 0.2) is 0 Å². The minimum absolute atomic E-state index is 0.00577. The van der Waals surface area contributed by atoms with Crippen LogP contribution < -0.4 is 10.5 Å². The van der Waals surface area contributed by atoms with Crippen LogP contribution >= 0.6 is 15.9 Å². The van der Waals surface area contributed by atoms with Crippen LogP contribution in [0, 0.1) is 5.82 Å². The molecule has 0 saturated carbocycles. The lowest BCUT2D eigenvalue weighted by atomic mass is 10.2. The number of rotatable bonds is 3. The Balaban J connectivity index is 1.87. The first-order valence-electron chi connectivity index (χ1n) is 7.17. The third-order valence-electron chi connectivity index (χ3n) is 3.61. The first kappa shape index (κ1) is 15.9. The van der Waals surface area contributed by atoms with Crippen LogP contribution in [0.15, 0.2) is 41.0 Å². The lowest BCUT2D eigenvalue weighted by Crippen LogP contribution is -2.32. The summed E-state index contributed by atoms with van der Waals surface area (Å²) in [4.78, 5) is 18.4. The van der Waals surface area contributed by atoms with E-state index in [4.69, 9.17) is 10.5 Å². The van der Waals surface area contributed by atoms with Gasteiger partial charge in [0.05, 0.1) is 4.47 Å². The highest BCUT2D eigenvalue weighted by Gasteiger charge is 2.27. The molecule has 0 aliphatic carbocycles. The number of halogens is 2. The van der Waals surface area contributed by atoms with Crippen LogP contribution in [0.2, 0.25) is 0 Å². The number of aromatic nitrogens is 1. The van der Waals surface area contributed by atoms with E-state index in [0.29, 0.717) is 28.9 Å². The Morgan fingerprint density at radius 2 is 2.26 bits per heavy atom. The van der Waals surface area contributed by atoms with E-state index in [2.05, 4.69) is 20.9 Å². The number of amides is 1. The number of likely N-dealkylation sites (tertiary alicyclic amines) is 1. The van der Waals surface area contributed by atoms with E-state index in [1.807, 2.05) is 0 Å². The Morgan fingerprint density at radius 3 is 2.96 bits per heavy atom. The van der Waals surface area contributed by atoms with E-state index in [1.54, 1.807) is 23.2 Å². The number of hydrogen-bond donors (Lipinski definition) is 1. The van der Waals surface area contributed by atoms with E-state index in [0.717, 1.165) is 6.42 Å². The van der Waals surface area contributed by atoms with Crippen molar-refractivity contribution in [1.82, 2.24) is 9.88 Å². The van der Waals surface area contributed by atoms with E-state index in [9.17, 15) is 9.18 Å². The van der Waals surface area contributed by atoms with E-state index in [1.165, 1.54) is 18.2 Å². The fourth-order valence-electron chi connectivity index (χ4n) is 2.44. The average Bonchev–Trinajstić information content (AvgIpc) is 2.96. The molecule has 1 aromatic carbocycles. The maximum atomic E-state index is 13.2. The van der Waals surface area contributed by atoms with Gasteiger partial charge < -0.3 is 15.4 Å². The summed E-state index contributed by atoms with van der Waals surface area (Å²) in [6.07, 6.45) is 2.32. The van der Waals surface area contributed by atoms with Crippen molar-refractivity contribution in [1.29, 1.82) is 0 Å². The van der Waals surface area contributed by atoms with E-state index >= 15 is 0 Å². The van der Waals surface area contributed by atoms with Crippen molar-refractivity contribution in [3.8, 4) is 11.6 Å². The smallest absolute Gasteiger partial charge is 0.259 e. The zero-order valence-electron chi connectivity index (χ0n) is 12.2. The highest BCUT2D eigenvalue weighted by Crippen LogP contribution is 2.31. The molecule has 0 spiro atoms. The highest BCUT2D eigenvalue weighted by atomic mass is 79.9. The minimum atomic E-state index is -0.382. The molecule has 1 aliphatic rings. The third kappa shape index (κ3) is 3.51. The molecule has 0 bridgehead atoms. The summed E-state index contributed by atoms with van der Waals surface area (Å²) in [5.41, 5.74) is 6.21. The number of carbonyl (C=O) groups is 1. The second-order valence-electron chi connectivity index (χ2n) is 5.33.